The van der Waals surface area contributed by atoms with Gasteiger partial charge in [-0.25, -0.2) is 13.8 Å². The number of rotatable bonds is 7. The third-order valence-electron chi connectivity index (χ3n) is 5.12. The normalized spacial score (nSPS) is 11.6. The summed E-state index contributed by atoms with van der Waals surface area (Å²) < 4.78 is 27.7. The highest BCUT2D eigenvalue weighted by Gasteiger charge is 2.27. The number of benzene rings is 4. The van der Waals surface area contributed by atoms with Crippen molar-refractivity contribution in [2.75, 3.05) is 10.8 Å². The average molecular weight is 528 g/mol. The van der Waals surface area contributed by atoms with Gasteiger partial charge in [0.05, 0.1) is 16.8 Å². The molecule has 0 aromatic heterocycles. The van der Waals surface area contributed by atoms with Gasteiger partial charge in [-0.15, -0.1) is 0 Å². The molecule has 0 aliphatic rings. The van der Waals surface area contributed by atoms with Crippen molar-refractivity contribution in [3.63, 3.8) is 0 Å². The van der Waals surface area contributed by atoms with Crippen LogP contribution in [0, 0.1) is 0 Å². The molecule has 0 aliphatic carbocycles. The van der Waals surface area contributed by atoms with Gasteiger partial charge >= 0.3 is 0 Å². The number of amides is 1. The van der Waals surface area contributed by atoms with Crippen LogP contribution in [0.4, 0.5) is 5.69 Å². The second-order valence-electron chi connectivity index (χ2n) is 7.46. The molecule has 2 N–H and O–H groups in total. The molecule has 0 atom stereocenters. The van der Waals surface area contributed by atoms with Crippen LogP contribution in [0.2, 0.25) is 10.0 Å². The maximum atomic E-state index is 13.4. The predicted molar refractivity (Wildman–Crippen MR) is 139 cm³/mol. The molecule has 0 aliphatic heterocycles. The zero-order chi connectivity index (χ0) is 25.0. The first-order valence-corrected chi connectivity index (χ1v) is 12.5. The Morgan fingerprint density at radius 3 is 2.43 bits per heavy atom. The van der Waals surface area contributed by atoms with Gasteiger partial charge in [0.25, 0.3) is 15.9 Å². The van der Waals surface area contributed by atoms with E-state index in [2.05, 4.69) is 10.5 Å². The lowest BCUT2D eigenvalue weighted by Crippen LogP contribution is -2.39. The SMILES string of the molecule is O=C(CN(c1cccc(Cl)c1)S(=O)(=O)c1ccc(Cl)cc1)N/N=C\c1c(O)ccc2ccccc12. The Hall–Kier alpha value is -3.59. The summed E-state index contributed by atoms with van der Waals surface area (Å²) in [6.45, 7) is -0.565. The van der Waals surface area contributed by atoms with Crippen LogP contribution in [0.25, 0.3) is 10.8 Å². The molecule has 0 saturated heterocycles. The molecule has 7 nitrogen and oxygen atoms in total. The number of fused-ring (bicyclic) bond motifs is 1. The number of carbonyl (C=O) groups excluding carboxylic acids is 1. The number of anilines is 1. The van der Waals surface area contributed by atoms with E-state index in [1.807, 2.05) is 24.3 Å². The van der Waals surface area contributed by atoms with Crippen LogP contribution in [0.5, 0.6) is 5.75 Å². The molecule has 0 fully saturated rings. The molecule has 4 aromatic carbocycles. The largest absolute Gasteiger partial charge is 0.507 e. The number of halogens is 2. The first kappa shape index (κ1) is 24.5. The molecule has 0 spiro atoms. The lowest BCUT2D eigenvalue weighted by molar-refractivity contribution is -0.119. The van der Waals surface area contributed by atoms with Crippen LogP contribution in [-0.4, -0.2) is 32.2 Å². The Morgan fingerprint density at radius 1 is 0.943 bits per heavy atom. The summed E-state index contributed by atoms with van der Waals surface area (Å²) in [5.74, 6) is -0.703. The van der Waals surface area contributed by atoms with E-state index in [-0.39, 0.29) is 16.3 Å². The zero-order valence-corrected chi connectivity index (χ0v) is 20.4. The molecular formula is C25H19Cl2N3O4S. The van der Waals surface area contributed by atoms with Crippen molar-refractivity contribution in [2.24, 2.45) is 5.10 Å². The van der Waals surface area contributed by atoms with E-state index in [1.54, 1.807) is 18.2 Å². The topological polar surface area (TPSA) is 99.1 Å². The number of aromatic hydroxyl groups is 1. The Bertz CT molecular complexity index is 1520. The number of phenolic OH excluding ortho intramolecular Hbond substituents is 1. The summed E-state index contributed by atoms with van der Waals surface area (Å²) in [4.78, 5) is 12.7. The van der Waals surface area contributed by atoms with E-state index in [9.17, 15) is 18.3 Å². The minimum Gasteiger partial charge on any atom is -0.507 e. The average Bonchev–Trinajstić information content (AvgIpc) is 2.84. The smallest absolute Gasteiger partial charge is 0.264 e. The van der Waals surface area contributed by atoms with Crippen LogP contribution in [-0.2, 0) is 14.8 Å². The van der Waals surface area contributed by atoms with Gasteiger partial charge in [0, 0.05) is 15.6 Å². The predicted octanol–water partition coefficient (Wildman–Crippen LogP) is 5.20. The molecule has 0 heterocycles. The third kappa shape index (κ3) is 5.57. The maximum Gasteiger partial charge on any atom is 0.264 e. The summed E-state index contributed by atoms with van der Waals surface area (Å²) >= 11 is 12.0. The molecular weight excluding hydrogens is 509 g/mol. The molecule has 4 aromatic rings. The number of hydrogen-bond acceptors (Lipinski definition) is 5. The van der Waals surface area contributed by atoms with E-state index in [0.717, 1.165) is 15.1 Å². The van der Waals surface area contributed by atoms with Crippen molar-refractivity contribution in [3.8, 4) is 5.75 Å². The van der Waals surface area contributed by atoms with E-state index in [0.29, 0.717) is 15.6 Å². The molecule has 4 rings (SSSR count). The summed E-state index contributed by atoms with van der Waals surface area (Å²) in [5, 5.41) is 16.5. The number of phenols is 1. The van der Waals surface area contributed by atoms with Gasteiger partial charge in [-0.2, -0.15) is 5.10 Å². The number of nitrogens with zero attached hydrogens (tertiary/aromatic N) is 2. The summed E-state index contributed by atoms with van der Waals surface area (Å²) in [5.41, 5.74) is 2.96. The van der Waals surface area contributed by atoms with Gasteiger partial charge in [0.15, 0.2) is 0 Å². The molecule has 0 unspecified atom stereocenters. The quantitative estimate of drug-likeness (QED) is 0.255. The van der Waals surface area contributed by atoms with Gasteiger partial charge in [0.1, 0.15) is 12.3 Å². The highest BCUT2D eigenvalue weighted by molar-refractivity contribution is 7.92. The standard InChI is InChI=1S/C25H19Cl2N3O4S/c26-18-9-11-21(12-10-18)35(33,34)30(20-6-3-5-19(27)14-20)16-25(32)29-28-15-23-22-7-2-1-4-17(22)8-13-24(23)31/h1-15,31H,16H2,(H,29,32)/b28-15-. The van der Waals surface area contributed by atoms with Crippen molar-refractivity contribution in [1.82, 2.24) is 5.43 Å². The van der Waals surface area contributed by atoms with Gasteiger partial charge in [0.2, 0.25) is 0 Å². The van der Waals surface area contributed by atoms with Crippen molar-refractivity contribution in [3.05, 3.63) is 101 Å². The van der Waals surface area contributed by atoms with E-state index < -0.39 is 22.5 Å². The first-order chi connectivity index (χ1) is 16.8. The first-order valence-electron chi connectivity index (χ1n) is 10.3. The van der Waals surface area contributed by atoms with Crippen molar-refractivity contribution >= 4 is 61.8 Å². The molecule has 0 saturated carbocycles. The van der Waals surface area contributed by atoms with Crippen LogP contribution in [0.3, 0.4) is 0 Å². The Kier molecular flexibility index (Phi) is 7.25. The summed E-state index contributed by atoms with van der Waals surface area (Å²) in [6, 6.07) is 22.5. The number of sulfonamides is 1. The van der Waals surface area contributed by atoms with Crippen LogP contribution >= 0.6 is 23.2 Å². The van der Waals surface area contributed by atoms with Crippen LogP contribution < -0.4 is 9.73 Å². The lowest BCUT2D eigenvalue weighted by Gasteiger charge is -2.23. The molecule has 10 heteroatoms. The summed E-state index contributed by atoms with van der Waals surface area (Å²) in [7, 11) is -4.13. The lowest BCUT2D eigenvalue weighted by atomic mass is 10.0. The zero-order valence-electron chi connectivity index (χ0n) is 18.1. The Morgan fingerprint density at radius 2 is 1.69 bits per heavy atom. The maximum absolute atomic E-state index is 13.4. The second-order valence-corrected chi connectivity index (χ2v) is 10.2. The minimum absolute atomic E-state index is 0.00688. The fraction of sp³-hybridized carbons (Fsp3) is 0.0400. The monoisotopic (exact) mass is 527 g/mol. The van der Waals surface area contributed by atoms with Crippen LogP contribution in [0.1, 0.15) is 5.56 Å². The van der Waals surface area contributed by atoms with Gasteiger partial charge in [-0.3, -0.25) is 9.10 Å². The fourth-order valence-electron chi connectivity index (χ4n) is 3.43. The molecule has 1 amide bonds. The molecule has 0 bridgehead atoms. The molecule has 178 valence electrons. The van der Waals surface area contributed by atoms with E-state index in [1.165, 1.54) is 48.7 Å². The van der Waals surface area contributed by atoms with Crippen molar-refractivity contribution < 1.29 is 18.3 Å². The Labute approximate surface area is 212 Å². The van der Waals surface area contributed by atoms with Crippen molar-refractivity contribution in [1.29, 1.82) is 0 Å². The minimum atomic E-state index is -4.13. The fourth-order valence-corrected chi connectivity index (χ4v) is 5.16. The number of nitrogens with one attached hydrogen (secondary N) is 1. The highest BCUT2D eigenvalue weighted by atomic mass is 35.5. The van der Waals surface area contributed by atoms with Crippen molar-refractivity contribution in [2.45, 2.75) is 4.90 Å². The highest BCUT2D eigenvalue weighted by Crippen LogP contribution is 2.27. The Balaban J connectivity index is 1.60. The van der Waals surface area contributed by atoms with E-state index >= 15 is 0 Å². The molecule has 35 heavy (non-hydrogen) atoms. The van der Waals surface area contributed by atoms with E-state index in [4.69, 9.17) is 23.2 Å². The number of hydrazone groups is 1. The summed E-state index contributed by atoms with van der Waals surface area (Å²) in [6.07, 6.45) is 1.31. The van der Waals surface area contributed by atoms with Crippen LogP contribution in [0.15, 0.2) is 94.9 Å². The van der Waals surface area contributed by atoms with Gasteiger partial charge in [-0.05, 0) is 59.3 Å². The molecule has 0 radical (unpaired) electrons. The second kappa shape index (κ2) is 10.4. The van der Waals surface area contributed by atoms with Gasteiger partial charge < -0.3 is 5.11 Å². The number of hydrogen-bond donors (Lipinski definition) is 2. The third-order valence-corrected chi connectivity index (χ3v) is 7.39. The number of carbonyl (C=O) groups is 1. The van der Waals surface area contributed by atoms with Gasteiger partial charge in [-0.1, -0.05) is 59.6 Å².